The van der Waals surface area contributed by atoms with Crippen molar-refractivity contribution in [1.82, 2.24) is 23.5 Å². The number of hydrogen-bond acceptors (Lipinski definition) is 3. The summed E-state index contributed by atoms with van der Waals surface area (Å²) >= 11 is 0. The zero-order valence-corrected chi connectivity index (χ0v) is 15.4. The monoisotopic (exact) mass is 371 g/mol. The number of hydrogen-bond donors (Lipinski definition) is 1. The molecule has 0 spiro atoms. The molecule has 5 aromatic rings. The van der Waals surface area contributed by atoms with Crippen molar-refractivity contribution < 1.29 is 0 Å². The molecule has 0 radical (unpaired) electrons. The van der Waals surface area contributed by atoms with Crippen LogP contribution < -0.4 is 11.2 Å². The number of aromatic nitrogens is 5. The zero-order chi connectivity index (χ0) is 19.4. The Morgan fingerprint density at radius 2 is 1.46 bits per heavy atom. The van der Waals surface area contributed by atoms with E-state index in [2.05, 4.69) is 34.2 Å². The second-order valence-electron chi connectivity index (χ2n) is 6.79. The lowest BCUT2D eigenvalue weighted by molar-refractivity contribution is 0.708. The Morgan fingerprint density at radius 3 is 2.18 bits per heavy atom. The number of rotatable bonds is 2. The number of imidazole rings is 2. The minimum absolute atomic E-state index is 0.365. The molecule has 0 amide bonds. The molecule has 3 aromatic heterocycles. The van der Waals surface area contributed by atoms with Gasteiger partial charge in [0.05, 0.1) is 5.69 Å². The lowest BCUT2D eigenvalue weighted by Crippen LogP contribution is -2.37. The molecule has 5 rings (SSSR count). The Hall–Kier alpha value is -3.87. The van der Waals surface area contributed by atoms with Crippen LogP contribution >= 0.6 is 0 Å². The van der Waals surface area contributed by atoms with E-state index in [-0.39, 0.29) is 5.56 Å². The lowest BCUT2D eigenvalue weighted by atomic mass is 10.0. The Labute approximate surface area is 159 Å². The summed E-state index contributed by atoms with van der Waals surface area (Å²) in [7, 11) is 3.08. The molecule has 0 saturated heterocycles. The number of nitrogens with one attached hydrogen (secondary N) is 1. The van der Waals surface area contributed by atoms with Crippen LogP contribution in [-0.4, -0.2) is 23.5 Å². The van der Waals surface area contributed by atoms with E-state index in [0.717, 1.165) is 27.0 Å². The minimum Gasteiger partial charge on any atom is -0.323 e. The molecule has 0 saturated carbocycles. The molecule has 0 aliphatic rings. The van der Waals surface area contributed by atoms with Crippen molar-refractivity contribution in [2.24, 2.45) is 14.1 Å². The van der Waals surface area contributed by atoms with Crippen molar-refractivity contribution in [2.45, 2.75) is 0 Å². The summed E-state index contributed by atoms with van der Waals surface area (Å²) in [5.41, 5.74) is 4.11. The van der Waals surface area contributed by atoms with E-state index in [1.54, 1.807) is 11.4 Å². The maximum absolute atomic E-state index is 12.6. The number of benzene rings is 2. The summed E-state index contributed by atoms with van der Waals surface area (Å²) in [5, 5.41) is 0. The average Bonchev–Trinajstić information content (AvgIpc) is 3.30. The van der Waals surface area contributed by atoms with Crippen molar-refractivity contribution in [3.8, 4) is 22.4 Å². The molecule has 7 nitrogen and oxygen atoms in total. The van der Waals surface area contributed by atoms with Crippen molar-refractivity contribution in [3.05, 3.63) is 81.6 Å². The van der Waals surface area contributed by atoms with Gasteiger partial charge in [-0.3, -0.25) is 18.3 Å². The zero-order valence-electron chi connectivity index (χ0n) is 15.4. The SMILES string of the molecule is Cn1c(=O)c2c(nc3[nH]c(-c4ccc(-c5ccccc5)cc4)cn32)n(C)c1=O. The molecular formula is C21H17N5O2. The largest absolute Gasteiger partial charge is 0.332 e. The van der Waals surface area contributed by atoms with Gasteiger partial charge in [0.1, 0.15) is 0 Å². The lowest BCUT2D eigenvalue weighted by Gasteiger charge is -2.03. The molecule has 0 aliphatic carbocycles. The average molecular weight is 371 g/mol. The fourth-order valence-electron chi connectivity index (χ4n) is 3.53. The van der Waals surface area contributed by atoms with E-state index in [4.69, 9.17) is 0 Å². The Balaban J connectivity index is 1.65. The predicted octanol–water partition coefficient (Wildman–Crippen LogP) is 2.55. The first kappa shape index (κ1) is 16.3. The van der Waals surface area contributed by atoms with Gasteiger partial charge in [0.25, 0.3) is 5.56 Å². The van der Waals surface area contributed by atoms with Crippen LogP contribution in [0.1, 0.15) is 0 Å². The highest BCUT2D eigenvalue weighted by molar-refractivity contribution is 5.78. The van der Waals surface area contributed by atoms with Gasteiger partial charge < -0.3 is 4.98 Å². The van der Waals surface area contributed by atoms with E-state index in [0.29, 0.717) is 16.9 Å². The summed E-state index contributed by atoms with van der Waals surface area (Å²) in [6, 6.07) is 18.4. The van der Waals surface area contributed by atoms with Crippen LogP contribution in [0, 0.1) is 0 Å². The highest BCUT2D eigenvalue weighted by Crippen LogP contribution is 2.25. The molecule has 2 aromatic carbocycles. The summed E-state index contributed by atoms with van der Waals surface area (Å²) in [4.78, 5) is 32.4. The first-order valence-electron chi connectivity index (χ1n) is 8.87. The van der Waals surface area contributed by atoms with Gasteiger partial charge in [-0.05, 0) is 16.7 Å². The van der Waals surface area contributed by atoms with E-state index in [1.165, 1.54) is 11.6 Å². The Bertz CT molecular complexity index is 1450. The van der Waals surface area contributed by atoms with Gasteiger partial charge >= 0.3 is 5.69 Å². The normalized spacial score (nSPS) is 11.5. The molecule has 28 heavy (non-hydrogen) atoms. The third kappa shape index (κ3) is 2.26. The molecule has 0 unspecified atom stereocenters. The molecule has 0 bridgehead atoms. The van der Waals surface area contributed by atoms with Crippen molar-refractivity contribution in [1.29, 1.82) is 0 Å². The summed E-state index contributed by atoms with van der Waals surface area (Å²) < 4.78 is 4.18. The van der Waals surface area contributed by atoms with Gasteiger partial charge in [-0.15, -0.1) is 0 Å². The van der Waals surface area contributed by atoms with Gasteiger partial charge in [-0.1, -0.05) is 54.6 Å². The number of H-pyrrole nitrogens is 1. The van der Waals surface area contributed by atoms with Crippen LogP contribution in [0.25, 0.3) is 39.3 Å². The van der Waals surface area contributed by atoms with Gasteiger partial charge in [0.2, 0.25) is 5.78 Å². The van der Waals surface area contributed by atoms with Gasteiger partial charge in [-0.2, -0.15) is 4.98 Å². The third-order valence-corrected chi connectivity index (χ3v) is 5.10. The van der Waals surface area contributed by atoms with Crippen molar-refractivity contribution in [3.63, 3.8) is 0 Å². The van der Waals surface area contributed by atoms with E-state index < -0.39 is 5.69 Å². The highest BCUT2D eigenvalue weighted by Gasteiger charge is 2.17. The van der Waals surface area contributed by atoms with Crippen molar-refractivity contribution in [2.75, 3.05) is 0 Å². The topological polar surface area (TPSA) is 77.1 Å². The first-order valence-corrected chi connectivity index (χ1v) is 8.87. The first-order chi connectivity index (χ1) is 13.5. The second kappa shape index (κ2) is 5.82. The van der Waals surface area contributed by atoms with Gasteiger partial charge in [0.15, 0.2) is 11.2 Å². The van der Waals surface area contributed by atoms with Gasteiger partial charge in [0, 0.05) is 20.3 Å². The summed E-state index contributed by atoms with van der Waals surface area (Å²) in [6.07, 6.45) is 1.84. The second-order valence-corrected chi connectivity index (χ2v) is 6.79. The maximum Gasteiger partial charge on any atom is 0.332 e. The molecule has 7 heteroatoms. The van der Waals surface area contributed by atoms with Crippen LogP contribution in [0.5, 0.6) is 0 Å². The Kier molecular flexibility index (Phi) is 3.39. The predicted molar refractivity (Wildman–Crippen MR) is 108 cm³/mol. The molecule has 0 atom stereocenters. The molecule has 0 fully saturated rings. The quantitative estimate of drug-likeness (QED) is 0.518. The third-order valence-electron chi connectivity index (χ3n) is 5.10. The van der Waals surface area contributed by atoms with Crippen LogP contribution in [-0.2, 0) is 14.1 Å². The molecule has 3 heterocycles. The van der Waals surface area contributed by atoms with Crippen LogP contribution in [0.2, 0.25) is 0 Å². The maximum atomic E-state index is 12.6. The fourth-order valence-corrected chi connectivity index (χ4v) is 3.53. The molecule has 1 N–H and O–H groups in total. The Morgan fingerprint density at radius 1 is 0.821 bits per heavy atom. The van der Waals surface area contributed by atoms with E-state index >= 15 is 0 Å². The molecular weight excluding hydrogens is 354 g/mol. The van der Waals surface area contributed by atoms with Crippen LogP contribution in [0.15, 0.2) is 70.4 Å². The minimum atomic E-state index is -0.394. The summed E-state index contributed by atoms with van der Waals surface area (Å²) in [5.74, 6) is 0.524. The summed E-state index contributed by atoms with van der Waals surface area (Å²) in [6.45, 7) is 0. The van der Waals surface area contributed by atoms with Crippen molar-refractivity contribution >= 4 is 16.9 Å². The number of nitrogens with zero attached hydrogens (tertiary/aromatic N) is 4. The fraction of sp³-hybridized carbons (Fsp3) is 0.0952. The van der Waals surface area contributed by atoms with Gasteiger partial charge in [-0.25, -0.2) is 4.79 Å². The van der Waals surface area contributed by atoms with Crippen LogP contribution in [0.3, 0.4) is 0 Å². The highest BCUT2D eigenvalue weighted by atomic mass is 16.2. The molecule has 0 aliphatic heterocycles. The number of aryl methyl sites for hydroxylation is 1. The number of aromatic amines is 1. The molecule has 138 valence electrons. The van der Waals surface area contributed by atoms with Crippen LogP contribution in [0.4, 0.5) is 0 Å². The number of fused-ring (bicyclic) bond motifs is 3. The van der Waals surface area contributed by atoms with E-state index in [1.807, 2.05) is 36.5 Å². The standard InChI is InChI=1S/C21H17N5O2/c1-24-18-17(19(27)25(2)21(24)28)26-12-16(22-20(26)23-18)15-10-8-14(9-11-15)13-6-4-3-5-7-13/h3-12H,1-2H3,(H,22,23). The smallest absolute Gasteiger partial charge is 0.323 e. The van der Waals surface area contributed by atoms with E-state index in [9.17, 15) is 9.59 Å².